The lowest BCUT2D eigenvalue weighted by molar-refractivity contribution is 0.267. The number of aliphatic hydroxyl groups excluding tert-OH is 1. The average molecular weight is 247 g/mol. The van der Waals surface area contributed by atoms with Gasteiger partial charge in [0.05, 0.1) is 13.2 Å². The van der Waals surface area contributed by atoms with Gasteiger partial charge in [0.15, 0.2) is 0 Å². The number of benzene rings is 1. The number of nitrogen functional groups attached to an aromatic ring is 1. The second-order valence-corrected chi connectivity index (χ2v) is 4.11. The van der Waals surface area contributed by atoms with Crippen molar-refractivity contribution in [3.63, 3.8) is 0 Å². The lowest BCUT2D eigenvalue weighted by Gasteiger charge is -2.04. The smallest absolute Gasteiger partial charge is 0.132 e. The Morgan fingerprint density at radius 3 is 2.94 bits per heavy atom. The molecule has 1 aromatic heterocycles. The highest BCUT2D eigenvalue weighted by molar-refractivity contribution is 5.31. The zero-order valence-electron chi connectivity index (χ0n) is 10.3. The second kappa shape index (κ2) is 5.55. The number of aromatic nitrogens is 2. The molecule has 0 saturated carbocycles. The first kappa shape index (κ1) is 12.4. The van der Waals surface area contributed by atoms with Crippen molar-refractivity contribution in [3.8, 4) is 5.75 Å². The SMILES string of the molecule is Cc1cccc(OCc2cc(N)n(CCO)n2)c1. The van der Waals surface area contributed by atoms with Crippen molar-refractivity contribution in [2.45, 2.75) is 20.1 Å². The van der Waals surface area contributed by atoms with E-state index in [0.29, 0.717) is 19.0 Å². The van der Waals surface area contributed by atoms with Crippen molar-refractivity contribution in [3.05, 3.63) is 41.6 Å². The molecule has 0 aliphatic rings. The molecule has 0 amide bonds. The zero-order valence-corrected chi connectivity index (χ0v) is 10.3. The molecule has 2 rings (SSSR count). The highest BCUT2D eigenvalue weighted by Gasteiger charge is 2.05. The first-order valence-corrected chi connectivity index (χ1v) is 5.81. The topological polar surface area (TPSA) is 73.3 Å². The van der Waals surface area contributed by atoms with Gasteiger partial charge in [-0.2, -0.15) is 5.10 Å². The van der Waals surface area contributed by atoms with Crippen LogP contribution in [0.1, 0.15) is 11.3 Å². The van der Waals surface area contributed by atoms with E-state index in [-0.39, 0.29) is 6.61 Å². The van der Waals surface area contributed by atoms with Crippen molar-refractivity contribution in [1.82, 2.24) is 9.78 Å². The molecular formula is C13H17N3O2. The minimum absolute atomic E-state index is 0.0179. The van der Waals surface area contributed by atoms with E-state index in [4.69, 9.17) is 15.6 Å². The first-order chi connectivity index (χ1) is 8.69. The number of aliphatic hydroxyl groups is 1. The van der Waals surface area contributed by atoms with Gasteiger partial charge in [-0.25, -0.2) is 4.68 Å². The minimum Gasteiger partial charge on any atom is -0.487 e. The third-order valence-electron chi connectivity index (χ3n) is 2.55. The van der Waals surface area contributed by atoms with Gasteiger partial charge in [-0.1, -0.05) is 12.1 Å². The van der Waals surface area contributed by atoms with Gasteiger partial charge in [-0.15, -0.1) is 0 Å². The Morgan fingerprint density at radius 1 is 1.39 bits per heavy atom. The van der Waals surface area contributed by atoms with Crippen LogP contribution in [-0.2, 0) is 13.2 Å². The van der Waals surface area contributed by atoms with E-state index in [1.54, 1.807) is 10.7 Å². The Morgan fingerprint density at radius 2 is 2.22 bits per heavy atom. The molecule has 5 heteroatoms. The lowest BCUT2D eigenvalue weighted by atomic mass is 10.2. The Balaban J connectivity index is 2.00. The van der Waals surface area contributed by atoms with Gasteiger partial charge in [0.2, 0.25) is 0 Å². The number of hydrogen-bond donors (Lipinski definition) is 2. The summed E-state index contributed by atoms with van der Waals surface area (Å²) in [7, 11) is 0. The van der Waals surface area contributed by atoms with E-state index >= 15 is 0 Å². The summed E-state index contributed by atoms with van der Waals surface area (Å²) in [5.74, 6) is 1.34. The Hall–Kier alpha value is -2.01. The highest BCUT2D eigenvalue weighted by atomic mass is 16.5. The maximum absolute atomic E-state index is 8.84. The van der Waals surface area contributed by atoms with Gasteiger partial charge in [0.25, 0.3) is 0 Å². The predicted molar refractivity (Wildman–Crippen MR) is 69.2 cm³/mol. The van der Waals surface area contributed by atoms with Crippen molar-refractivity contribution < 1.29 is 9.84 Å². The molecule has 0 bridgehead atoms. The summed E-state index contributed by atoms with van der Waals surface area (Å²) in [5, 5.41) is 13.1. The number of aryl methyl sites for hydroxylation is 1. The molecule has 1 aromatic carbocycles. The van der Waals surface area contributed by atoms with E-state index in [2.05, 4.69) is 5.10 Å². The standard InChI is InChI=1S/C13H17N3O2/c1-10-3-2-4-12(7-10)18-9-11-8-13(14)16(15-11)5-6-17/h2-4,7-8,17H,5-6,9,14H2,1H3. The fourth-order valence-corrected chi connectivity index (χ4v) is 1.69. The molecule has 18 heavy (non-hydrogen) atoms. The fraction of sp³-hybridized carbons (Fsp3) is 0.308. The summed E-state index contributed by atoms with van der Waals surface area (Å²) in [5.41, 5.74) is 7.66. The zero-order chi connectivity index (χ0) is 13.0. The van der Waals surface area contributed by atoms with Gasteiger partial charge >= 0.3 is 0 Å². The molecule has 3 N–H and O–H groups in total. The summed E-state index contributed by atoms with van der Waals surface area (Å²) < 4.78 is 7.19. The van der Waals surface area contributed by atoms with Crippen molar-refractivity contribution in [2.75, 3.05) is 12.3 Å². The van der Waals surface area contributed by atoms with E-state index < -0.39 is 0 Å². The van der Waals surface area contributed by atoms with E-state index in [1.807, 2.05) is 31.2 Å². The van der Waals surface area contributed by atoms with Gasteiger partial charge in [0, 0.05) is 6.07 Å². The lowest BCUT2D eigenvalue weighted by Crippen LogP contribution is -2.08. The second-order valence-electron chi connectivity index (χ2n) is 4.11. The molecule has 0 aliphatic carbocycles. The summed E-state index contributed by atoms with van der Waals surface area (Å²) in [4.78, 5) is 0. The molecule has 0 atom stereocenters. The van der Waals surface area contributed by atoms with Gasteiger partial charge in [-0.3, -0.25) is 0 Å². The van der Waals surface area contributed by atoms with Crippen LogP contribution in [0.3, 0.4) is 0 Å². The van der Waals surface area contributed by atoms with Crippen LogP contribution < -0.4 is 10.5 Å². The number of hydrogen-bond acceptors (Lipinski definition) is 4. The number of rotatable bonds is 5. The maximum atomic E-state index is 8.84. The van der Waals surface area contributed by atoms with Crippen LogP contribution in [0.25, 0.3) is 0 Å². The molecule has 2 aromatic rings. The van der Waals surface area contributed by atoms with Gasteiger partial charge in [-0.05, 0) is 24.6 Å². The van der Waals surface area contributed by atoms with Crippen LogP contribution in [0, 0.1) is 6.92 Å². The molecule has 5 nitrogen and oxygen atoms in total. The largest absolute Gasteiger partial charge is 0.487 e. The summed E-state index contributed by atoms with van der Waals surface area (Å²) in [6, 6.07) is 9.59. The maximum Gasteiger partial charge on any atom is 0.132 e. The van der Waals surface area contributed by atoms with Crippen LogP contribution in [0.5, 0.6) is 5.75 Å². The number of anilines is 1. The van der Waals surface area contributed by atoms with Crippen LogP contribution in [-0.4, -0.2) is 21.5 Å². The number of ether oxygens (including phenoxy) is 1. The number of nitrogens with two attached hydrogens (primary N) is 1. The first-order valence-electron chi connectivity index (χ1n) is 5.81. The third kappa shape index (κ3) is 3.01. The Kier molecular flexibility index (Phi) is 3.84. The Bertz CT molecular complexity index is 523. The van der Waals surface area contributed by atoms with E-state index in [9.17, 15) is 0 Å². The van der Waals surface area contributed by atoms with Crippen LogP contribution in [0.4, 0.5) is 5.82 Å². The van der Waals surface area contributed by atoms with Crippen molar-refractivity contribution in [1.29, 1.82) is 0 Å². The quantitative estimate of drug-likeness (QED) is 0.836. The van der Waals surface area contributed by atoms with Crippen molar-refractivity contribution in [2.24, 2.45) is 0 Å². The molecule has 0 radical (unpaired) electrons. The fourth-order valence-electron chi connectivity index (χ4n) is 1.69. The van der Waals surface area contributed by atoms with E-state index in [0.717, 1.165) is 17.0 Å². The molecule has 0 fully saturated rings. The summed E-state index contributed by atoms with van der Waals surface area (Å²) >= 11 is 0. The summed E-state index contributed by atoms with van der Waals surface area (Å²) in [6.07, 6.45) is 0. The molecule has 96 valence electrons. The van der Waals surface area contributed by atoms with Gasteiger partial charge in [0.1, 0.15) is 23.9 Å². The average Bonchev–Trinajstić information content (AvgIpc) is 2.69. The third-order valence-corrected chi connectivity index (χ3v) is 2.55. The normalized spacial score (nSPS) is 10.6. The van der Waals surface area contributed by atoms with E-state index in [1.165, 1.54) is 0 Å². The molecule has 0 aliphatic heterocycles. The predicted octanol–water partition coefficient (Wildman–Crippen LogP) is 1.35. The molecule has 0 unspecified atom stereocenters. The minimum atomic E-state index is 0.0179. The van der Waals surface area contributed by atoms with Crippen LogP contribution >= 0.6 is 0 Å². The molecule has 1 heterocycles. The molecular weight excluding hydrogens is 230 g/mol. The van der Waals surface area contributed by atoms with Crippen LogP contribution in [0.2, 0.25) is 0 Å². The monoisotopic (exact) mass is 247 g/mol. The van der Waals surface area contributed by atoms with Crippen LogP contribution in [0.15, 0.2) is 30.3 Å². The Labute approximate surface area is 106 Å². The highest BCUT2D eigenvalue weighted by Crippen LogP contribution is 2.15. The molecule has 0 saturated heterocycles. The van der Waals surface area contributed by atoms with Crippen molar-refractivity contribution >= 4 is 5.82 Å². The van der Waals surface area contributed by atoms with Gasteiger partial charge < -0.3 is 15.6 Å². The summed E-state index contributed by atoms with van der Waals surface area (Å²) in [6.45, 7) is 2.80. The number of nitrogens with zero attached hydrogens (tertiary/aromatic N) is 2. The molecule has 0 spiro atoms.